The first-order valence-electron chi connectivity index (χ1n) is 7.18. The minimum atomic E-state index is 0.523. The zero-order valence-corrected chi connectivity index (χ0v) is 12.0. The zero-order chi connectivity index (χ0) is 13.2. The molecule has 1 aromatic rings. The lowest BCUT2D eigenvalue weighted by molar-refractivity contribution is 0.301. The maximum Gasteiger partial charge on any atom is 0.0414 e. The van der Waals surface area contributed by atoms with Crippen molar-refractivity contribution >= 4 is 5.69 Å². The van der Waals surface area contributed by atoms with Crippen molar-refractivity contribution in [3.63, 3.8) is 0 Å². The van der Waals surface area contributed by atoms with E-state index in [-0.39, 0.29) is 0 Å². The second-order valence-electron chi connectivity index (χ2n) is 5.71. The van der Waals surface area contributed by atoms with Crippen LogP contribution in [0.4, 0.5) is 5.69 Å². The van der Waals surface area contributed by atoms with Crippen molar-refractivity contribution in [1.29, 1.82) is 0 Å². The van der Waals surface area contributed by atoms with Crippen LogP contribution >= 0.6 is 0 Å². The second kappa shape index (κ2) is 5.31. The molecule has 100 valence electrons. The van der Waals surface area contributed by atoms with Gasteiger partial charge in [-0.25, -0.2) is 0 Å². The molecule has 2 nitrogen and oxygen atoms in total. The number of hydrogen-bond donors (Lipinski definition) is 1. The normalized spacial score (nSPS) is 18.3. The average molecular weight is 246 g/mol. The maximum absolute atomic E-state index is 5.87. The van der Waals surface area contributed by atoms with Gasteiger partial charge in [-0.1, -0.05) is 26.0 Å². The van der Waals surface area contributed by atoms with Crippen LogP contribution < -0.4 is 10.6 Å². The molecule has 2 rings (SSSR count). The molecule has 1 saturated heterocycles. The van der Waals surface area contributed by atoms with Gasteiger partial charge in [-0.15, -0.1) is 0 Å². The Bertz CT molecular complexity index is 408. The largest absolute Gasteiger partial charge is 0.371 e. The summed E-state index contributed by atoms with van der Waals surface area (Å²) in [5, 5.41) is 0. The predicted octanol–water partition coefficient (Wildman–Crippen LogP) is 3.47. The predicted molar refractivity (Wildman–Crippen MR) is 78.9 cm³/mol. The Morgan fingerprint density at radius 1 is 1.28 bits per heavy atom. The Hall–Kier alpha value is -1.02. The van der Waals surface area contributed by atoms with Crippen molar-refractivity contribution in [3.05, 3.63) is 29.3 Å². The number of nitrogens with two attached hydrogens (primary N) is 1. The van der Waals surface area contributed by atoms with Gasteiger partial charge in [0, 0.05) is 25.3 Å². The lowest BCUT2D eigenvalue weighted by atomic mass is 9.82. The lowest BCUT2D eigenvalue weighted by Gasteiger charge is -2.28. The van der Waals surface area contributed by atoms with Crippen molar-refractivity contribution in [2.45, 2.75) is 46.6 Å². The Morgan fingerprint density at radius 2 is 2.00 bits per heavy atom. The highest BCUT2D eigenvalue weighted by Gasteiger charge is 2.35. The fourth-order valence-electron chi connectivity index (χ4n) is 3.11. The van der Waals surface area contributed by atoms with Crippen LogP contribution in [0.25, 0.3) is 0 Å². The van der Waals surface area contributed by atoms with Gasteiger partial charge in [0.25, 0.3) is 0 Å². The van der Waals surface area contributed by atoms with E-state index in [0.717, 1.165) is 0 Å². The van der Waals surface area contributed by atoms with Gasteiger partial charge in [-0.2, -0.15) is 0 Å². The molecule has 0 saturated carbocycles. The summed E-state index contributed by atoms with van der Waals surface area (Å²) in [4.78, 5) is 2.54. The first-order chi connectivity index (χ1) is 8.64. The number of anilines is 1. The summed E-state index contributed by atoms with van der Waals surface area (Å²) in [6, 6.07) is 6.64. The molecule has 1 heterocycles. The molecular formula is C16H26N2. The molecule has 2 N–H and O–H groups in total. The smallest absolute Gasteiger partial charge is 0.0414 e. The Labute approximate surface area is 111 Å². The fourth-order valence-corrected chi connectivity index (χ4v) is 3.11. The highest BCUT2D eigenvalue weighted by atomic mass is 15.2. The quantitative estimate of drug-likeness (QED) is 0.881. The Kier molecular flexibility index (Phi) is 3.96. The zero-order valence-electron chi connectivity index (χ0n) is 12.0. The summed E-state index contributed by atoms with van der Waals surface area (Å²) in [6.07, 6.45) is 3.88. The number of nitrogens with zero attached hydrogens (tertiary/aromatic N) is 1. The van der Waals surface area contributed by atoms with Crippen molar-refractivity contribution < 1.29 is 0 Å². The Balaban J connectivity index is 2.26. The number of aryl methyl sites for hydroxylation is 1. The van der Waals surface area contributed by atoms with Crippen LogP contribution in [0.15, 0.2) is 18.2 Å². The molecule has 1 fully saturated rings. The van der Waals surface area contributed by atoms with Crippen LogP contribution in [0.5, 0.6) is 0 Å². The third-order valence-corrected chi connectivity index (χ3v) is 4.74. The van der Waals surface area contributed by atoms with E-state index in [1.807, 2.05) is 0 Å². The molecule has 0 amide bonds. The first-order valence-corrected chi connectivity index (χ1v) is 7.18. The molecule has 0 unspecified atom stereocenters. The van der Waals surface area contributed by atoms with Crippen LogP contribution in [-0.4, -0.2) is 13.1 Å². The fraction of sp³-hybridized carbons (Fsp3) is 0.625. The summed E-state index contributed by atoms with van der Waals surface area (Å²) in [7, 11) is 0. The van der Waals surface area contributed by atoms with E-state index in [0.29, 0.717) is 12.0 Å². The lowest BCUT2D eigenvalue weighted by Crippen LogP contribution is -2.27. The van der Waals surface area contributed by atoms with E-state index in [4.69, 9.17) is 5.73 Å². The van der Waals surface area contributed by atoms with Crippen LogP contribution in [0.3, 0.4) is 0 Å². The van der Waals surface area contributed by atoms with E-state index in [9.17, 15) is 0 Å². The highest BCUT2D eigenvalue weighted by Crippen LogP contribution is 2.40. The van der Waals surface area contributed by atoms with Gasteiger partial charge >= 0.3 is 0 Å². The summed E-state index contributed by atoms with van der Waals surface area (Å²) in [6.45, 7) is 9.82. The molecule has 0 spiro atoms. The van der Waals surface area contributed by atoms with Gasteiger partial charge in [-0.3, -0.25) is 0 Å². The van der Waals surface area contributed by atoms with Gasteiger partial charge in [-0.05, 0) is 48.8 Å². The van der Waals surface area contributed by atoms with Gasteiger partial charge in [0.1, 0.15) is 0 Å². The summed E-state index contributed by atoms with van der Waals surface area (Å²) >= 11 is 0. The minimum absolute atomic E-state index is 0.523. The highest BCUT2D eigenvalue weighted by molar-refractivity contribution is 5.56. The molecule has 1 aromatic carbocycles. The second-order valence-corrected chi connectivity index (χ2v) is 5.71. The molecule has 0 atom stereocenters. The van der Waals surface area contributed by atoms with Crippen molar-refractivity contribution in [3.8, 4) is 0 Å². The molecule has 0 aromatic heterocycles. The SMILES string of the molecule is CCC1(CC)CCN(c2cc(C)ccc2CN)C1. The van der Waals surface area contributed by atoms with Crippen LogP contribution in [0.2, 0.25) is 0 Å². The van der Waals surface area contributed by atoms with Crippen LogP contribution in [-0.2, 0) is 6.54 Å². The molecule has 1 aliphatic heterocycles. The van der Waals surface area contributed by atoms with Crippen LogP contribution in [0, 0.1) is 12.3 Å². The van der Waals surface area contributed by atoms with E-state index in [2.05, 4.69) is 43.9 Å². The first kappa shape index (κ1) is 13.4. The Morgan fingerprint density at radius 3 is 2.56 bits per heavy atom. The molecule has 0 radical (unpaired) electrons. The van der Waals surface area contributed by atoms with E-state index >= 15 is 0 Å². The van der Waals surface area contributed by atoms with Crippen molar-refractivity contribution in [2.24, 2.45) is 11.1 Å². The summed E-state index contributed by atoms with van der Waals surface area (Å²) in [5.41, 5.74) is 10.4. The minimum Gasteiger partial charge on any atom is -0.371 e. The van der Waals surface area contributed by atoms with E-state index < -0.39 is 0 Å². The van der Waals surface area contributed by atoms with Gasteiger partial charge in [0.15, 0.2) is 0 Å². The maximum atomic E-state index is 5.87. The number of benzene rings is 1. The van der Waals surface area contributed by atoms with E-state index in [1.54, 1.807) is 0 Å². The molecule has 18 heavy (non-hydrogen) atoms. The third kappa shape index (κ3) is 2.39. The molecule has 0 aliphatic carbocycles. The molecule has 0 bridgehead atoms. The third-order valence-electron chi connectivity index (χ3n) is 4.74. The number of hydrogen-bond acceptors (Lipinski definition) is 2. The summed E-state index contributed by atoms with van der Waals surface area (Å²) < 4.78 is 0. The van der Waals surface area contributed by atoms with Crippen LogP contribution in [0.1, 0.15) is 44.2 Å². The standard InChI is InChI=1S/C16H26N2/c1-4-16(5-2)8-9-18(12-16)15-10-13(3)6-7-14(15)11-17/h6-7,10H,4-5,8-9,11-12,17H2,1-3H3. The average Bonchev–Trinajstić information content (AvgIpc) is 2.83. The topological polar surface area (TPSA) is 29.3 Å². The van der Waals surface area contributed by atoms with Crippen molar-refractivity contribution in [2.75, 3.05) is 18.0 Å². The number of rotatable bonds is 4. The molecule has 1 aliphatic rings. The van der Waals surface area contributed by atoms with Gasteiger partial charge < -0.3 is 10.6 Å². The molecular weight excluding hydrogens is 220 g/mol. The van der Waals surface area contributed by atoms with Gasteiger partial charge in [0.05, 0.1) is 0 Å². The summed E-state index contributed by atoms with van der Waals surface area (Å²) in [5.74, 6) is 0. The van der Waals surface area contributed by atoms with E-state index in [1.165, 1.54) is 49.2 Å². The van der Waals surface area contributed by atoms with Crippen molar-refractivity contribution in [1.82, 2.24) is 0 Å². The van der Waals surface area contributed by atoms with Gasteiger partial charge in [0.2, 0.25) is 0 Å². The monoisotopic (exact) mass is 246 g/mol. The molecule has 2 heteroatoms.